The lowest BCUT2D eigenvalue weighted by Gasteiger charge is -2.21. The molecule has 1 aromatic carbocycles. The van der Waals surface area contributed by atoms with Gasteiger partial charge >= 0.3 is 0 Å². The molecule has 3 heteroatoms. The Morgan fingerprint density at radius 1 is 1.40 bits per heavy atom. The molecule has 0 amide bonds. The van der Waals surface area contributed by atoms with Gasteiger partial charge in [-0.2, -0.15) is 0 Å². The van der Waals surface area contributed by atoms with Crippen LogP contribution in [-0.2, 0) is 4.74 Å². The van der Waals surface area contributed by atoms with E-state index in [0.717, 1.165) is 18.8 Å². The molecule has 1 aliphatic heterocycles. The van der Waals surface area contributed by atoms with E-state index >= 15 is 0 Å². The third-order valence-electron chi connectivity index (χ3n) is 2.14. The highest BCUT2D eigenvalue weighted by Crippen LogP contribution is 2.10. The second kappa shape index (κ2) is 6.09. The predicted octanol–water partition coefficient (Wildman–Crippen LogP) is 3.21. The van der Waals surface area contributed by atoms with Gasteiger partial charge in [0.1, 0.15) is 5.69 Å². The summed E-state index contributed by atoms with van der Waals surface area (Å²) in [5.41, 5.74) is 1.63. The van der Waals surface area contributed by atoms with Crippen molar-refractivity contribution in [3.63, 3.8) is 0 Å². The SMILES string of the molecule is C=CC1COC1.Cc1ccc(N=O)cc1. The lowest BCUT2D eigenvalue weighted by molar-refractivity contribution is -0.00749. The molecule has 0 aliphatic carbocycles. The Morgan fingerprint density at radius 3 is 2.27 bits per heavy atom. The van der Waals surface area contributed by atoms with Gasteiger partial charge < -0.3 is 4.74 Å². The third kappa shape index (κ3) is 4.04. The minimum absolute atomic E-state index is 0.487. The van der Waals surface area contributed by atoms with Gasteiger partial charge in [-0.3, -0.25) is 0 Å². The fourth-order valence-electron chi connectivity index (χ4n) is 0.996. The maximum absolute atomic E-state index is 9.87. The maximum Gasteiger partial charge on any atom is 0.108 e. The molecule has 0 atom stereocenters. The highest BCUT2D eigenvalue weighted by Gasteiger charge is 2.12. The molecular weight excluding hydrogens is 190 g/mol. The Hall–Kier alpha value is -1.48. The van der Waals surface area contributed by atoms with Gasteiger partial charge in [-0.15, -0.1) is 11.5 Å². The number of nitroso groups, excluding NO2 is 1. The zero-order valence-electron chi connectivity index (χ0n) is 8.85. The van der Waals surface area contributed by atoms with Gasteiger partial charge in [-0.05, 0) is 24.2 Å². The lowest BCUT2D eigenvalue weighted by atomic mass is 10.1. The predicted molar refractivity (Wildman–Crippen MR) is 61.1 cm³/mol. The van der Waals surface area contributed by atoms with Crippen LogP contribution in [0.5, 0.6) is 0 Å². The summed E-state index contributed by atoms with van der Waals surface area (Å²) in [6.45, 7) is 7.35. The second-order valence-corrected chi connectivity index (χ2v) is 3.46. The van der Waals surface area contributed by atoms with Crippen molar-refractivity contribution < 1.29 is 4.74 Å². The molecule has 0 unspecified atom stereocenters. The number of aryl methyl sites for hydroxylation is 1. The van der Waals surface area contributed by atoms with Gasteiger partial charge in [-0.25, -0.2) is 0 Å². The van der Waals surface area contributed by atoms with E-state index in [1.165, 1.54) is 0 Å². The fraction of sp³-hybridized carbons (Fsp3) is 0.333. The van der Waals surface area contributed by atoms with Crippen molar-refractivity contribution in [3.05, 3.63) is 47.4 Å². The van der Waals surface area contributed by atoms with Gasteiger partial charge in [0.05, 0.1) is 13.2 Å². The van der Waals surface area contributed by atoms with Crippen molar-refractivity contribution >= 4 is 5.69 Å². The highest BCUT2D eigenvalue weighted by atomic mass is 16.5. The fourth-order valence-corrected chi connectivity index (χ4v) is 0.996. The second-order valence-electron chi connectivity index (χ2n) is 3.46. The summed E-state index contributed by atoms with van der Waals surface area (Å²) in [5.74, 6) is 0.657. The maximum atomic E-state index is 9.87. The number of hydrogen-bond acceptors (Lipinski definition) is 3. The minimum atomic E-state index is 0.487. The van der Waals surface area contributed by atoms with E-state index in [4.69, 9.17) is 4.74 Å². The van der Waals surface area contributed by atoms with Gasteiger partial charge in [0.25, 0.3) is 0 Å². The van der Waals surface area contributed by atoms with Crippen LogP contribution in [0.1, 0.15) is 5.56 Å². The highest BCUT2D eigenvalue weighted by molar-refractivity contribution is 5.37. The summed E-state index contributed by atoms with van der Waals surface area (Å²) in [6.07, 6.45) is 1.93. The molecule has 2 rings (SSSR count). The molecule has 1 saturated heterocycles. The van der Waals surface area contributed by atoms with Gasteiger partial charge in [0.2, 0.25) is 0 Å². The molecule has 3 nitrogen and oxygen atoms in total. The van der Waals surface area contributed by atoms with Crippen molar-refractivity contribution in [2.24, 2.45) is 11.1 Å². The molecule has 15 heavy (non-hydrogen) atoms. The minimum Gasteiger partial charge on any atom is -0.380 e. The molecule has 0 aromatic heterocycles. The van der Waals surface area contributed by atoms with E-state index in [-0.39, 0.29) is 0 Å². The number of nitrogens with zero attached hydrogens (tertiary/aromatic N) is 1. The normalized spacial score (nSPS) is 14.5. The standard InChI is InChI=1S/C7H7NO.C5H8O/c1-6-2-4-7(8-9)5-3-6;1-2-5-3-6-4-5/h2-5H,1H3;2,5H,1,3-4H2. The first-order valence-electron chi connectivity index (χ1n) is 4.86. The van der Waals surface area contributed by atoms with Crippen LogP contribution in [0.4, 0.5) is 5.69 Å². The van der Waals surface area contributed by atoms with Crippen LogP contribution in [0.3, 0.4) is 0 Å². The summed E-state index contributed by atoms with van der Waals surface area (Å²) >= 11 is 0. The van der Waals surface area contributed by atoms with Crippen molar-refractivity contribution in [1.29, 1.82) is 0 Å². The van der Waals surface area contributed by atoms with E-state index < -0.39 is 0 Å². The first kappa shape index (κ1) is 11.6. The first-order valence-corrected chi connectivity index (χ1v) is 4.86. The van der Waals surface area contributed by atoms with Crippen LogP contribution >= 0.6 is 0 Å². The van der Waals surface area contributed by atoms with Crippen LogP contribution in [0.25, 0.3) is 0 Å². The molecule has 0 bridgehead atoms. The zero-order valence-corrected chi connectivity index (χ0v) is 8.85. The number of benzene rings is 1. The van der Waals surface area contributed by atoms with Crippen LogP contribution in [-0.4, -0.2) is 13.2 Å². The Morgan fingerprint density at radius 2 is 2.00 bits per heavy atom. The van der Waals surface area contributed by atoms with Gasteiger partial charge in [0, 0.05) is 5.92 Å². The summed E-state index contributed by atoms with van der Waals surface area (Å²) in [6, 6.07) is 7.11. The quantitative estimate of drug-likeness (QED) is 0.549. The summed E-state index contributed by atoms with van der Waals surface area (Å²) in [5, 5.41) is 2.76. The molecule has 0 saturated carbocycles. The van der Waals surface area contributed by atoms with Crippen molar-refractivity contribution in [3.8, 4) is 0 Å². The molecule has 0 spiro atoms. The average molecular weight is 205 g/mol. The van der Waals surface area contributed by atoms with Crippen LogP contribution in [0, 0.1) is 17.7 Å². The summed E-state index contributed by atoms with van der Waals surface area (Å²) in [4.78, 5) is 9.87. The molecule has 1 aromatic rings. The van der Waals surface area contributed by atoms with Crippen molar-refractivity contribution in [1.82, 2.24) is 0 Å². The monoisotopic (exact) mass is 205 g/mol. The van der Waals surface area contributed by atoms with E-state index in [0.29, 0.717) is 11.6 Å². The third-order valence-corrected chi connectivity index (χ3v) is 2.14. The number of hydrogen-bond donors (Lipinski definition) is 0. The largest absolute Gasteiger partial charge is 0.380 e. The van der Waals surface area contributed by atoms with E-state index in [2.05, 4.69) is 11.8 Å². The molecular formula is C12H15NO2. The Bertz CT molecular complexity index is 315. The Balaban J connectivity index is 0.000000162. The Labute approximate surface area is 89.7 Å². The summed E-state index contributed by atoms with van der Waals surface area (Å²) in [7, 11) is 0. The topological polar surface area (TPSA) is 38.7 Å². The van der Waals surface area contributed by atoms with E-state index in [9.17, 15) is 4.91 Å². The van der Waals surface area contributed by atoms with Crippen LogP contribution in [0.2, 0.25) is 0 Å². The molecule has 1 heterocycles. The smallest absolute Gasteiger partial charge is 0.108 e. The molecule has 0 radical (unpaired) electrons. The average Bonchev–Trinajstić information content (AvgIpc) is 2.18. The first-order chi connectivity index (χ1) is 7.26. The van der Waals surface area contributed by atoms with Gasteiger partial charge in [-0.1, -0.05) is 23.8 Å². The van der Waals surface area contributed by atoms with E-state index in [1.54, 1.807) is 12.1 Å². The summed E-state index contributed by atoms with van der Waals surface area (Å²) < 4.78 is 4.85. The van der Waals surface area contributed by atoms with E-state index in [1.807, 2.05) is 25.1 Å². The number of ether oxygens (including phenoxy) is 1. The molecule has 1 fully saturated rings. The van der Waals surface area contributed by atoms with Crippen molar-refractivity contribution in [2.75, 3.05) is 13.2 Å². The molecule has 1 aliphatic rings. The van der Waals surface area contributed by atoms with Crippen LogP contribution in [0.15, 0.2) is 42.1 Å². The van der Waals surface area contributed by atoms with Crippen molar-refractivity contribution in [2.45, 2.75) is 6.92 Å². The number of rotatable bonds is 2. The van der Waals surface area contributed by atoms with Gasteiger partial charge in [0.15, 0.2) is 0 Å². The zero-order chi connectivity index (χ0) is 11.1. The van der Waals surface area contributed by atoms with Crippen LogP contribution < -0.4 is 0 Å². The molecule has 0 N–H and O–H groups in total. The molecule has 80 valence electrons. The Kier molecular flexibility index (Phi) is 4.71. The lowest BCUT2D eigenvalue weighted by Crippen LogP contribution is -2.24.